The second-order valence-corrected chi connectivity index (χ2v) is 2.81. The molecule has 1 nitrogen and oxygen atoms in total. The maximum atomic E-state index is 5.36. The molecule has 54 valence electrons. The van der Waals surface area contributed by atoms with E-state index in [0.29, 0.717) is 0 Å². The Labute approximate surface area is 66.5 Å². The molecule has 0 saturated carbocycles. The summed E-state index contributed by atoms with van der Waals surface area (Å²) in [7, 11) is 0. The van der Waals surface area contributed by atoms with Gasteiger partial charge in [0.05, 0.1) is 11.6 Å². The SMILES string of the molecule is C#CC1CCc2cccnc21. The predicted octanol–water partition coefficient (Wildman–Crippen LogP) is 1.74. The van der Waals surface area contributed by atoms with Crippen LogP contribution in [-0.4, -0.2) is 4.98 Å². The van der Waals surface area contributed by atoms with E-state index in [9.17, 15) is 0 Å². The summed E-state index contributed by atoms with van der Waals surface area (Å²) < 4.78 is 0. The van der Waals surface area contributed by atoms with E-state index in [1.807, 2.05) is 12.3 Å². The van der Waals surface area contributed by atoms with E-state index in [4.69, 9.17) is 6.42 Å². The van der Waals surface area contributed by atoms with Gasteiger partial charge < -0.3 is 0 Å². The van der Waals surface area contributed by atoms with E-state index in [1.165, 1.54) is 5.56 Å². The molecule has 0 aliphatic heterocycles. The molecule has 0 fully saturated rings. The van der Waals surface area contributed by atoms with Crippen LogP contribution < -0.4 is 0 Å². The summed E-state index contributed by atoms with van der Waals surface area (Å²) in [5, 5.41) is 0. The fourth-order valence-corrected chi connectivity index (χ4v) is 1.57. The second-order valence-electron chi connectivity index (χ2n) is 2.81. The average Bonchev–Trinajstić information content (AvgIpc) is 2.47. The van der Waals surface area contributed by atoms with E-state index in [1.54, 1.807) is 0 Å². The molecule has 1 aliphatic carbocycles. The van der Waals surface area contributed by atoms with E-state index >= 15 is 0 Å². The van der Waals surface area contributed by atoms with Crippen molar-refractivity contribution in [2.24, 2.45) is 0 Å². The van der Waals surface area contributed by atoms with Crippen LogP contribution in [0.1, 0.15) is 23.6 Å². The summed E-state index contributed by atoms with van der Waals surface area (Å²) in [6.07, 6.45) is 9.34. The molecule has 1 aromatic heterocycles. The number of fused-ring (bicyclic) bond motifs is 1. The third-order valence-electron chi connectivity index (χ3n) is 2.16. The van der Waals surface area contributed by atoms with Crippen molar-refractivity contribution >= 4 is 0 Å². The molecule has 0 aromatic carbocycles. The van der Waals surface area contributed by atoms with Gasteiger partial charge in [-0.25, -0.2) is 0 Å². The van der Waals surface area contributed by atoms with Gasteiger partial charge in [-0.05, 0) is 24.5 Å². The lowest BCUT2D eigenvalue weighted by Crippen LogP contribution is -1.91. The number of aryl methyl sites for hydroxylation is 1. The largest absolute Gasteiger partial charge is 0.260 e. The van der Waals surface area contributed by atoms with Crippen LogP contribution in [0.4, 0.5) is 0 Å². The van der Waals surface area contributed by atoms with Crippen molar-refractivity contribution in [1.29, 1.82) is 0 Å². The van der Waals surface area contributed by atoms with Crippen molar-refractivity contribution in [2.45, 2.75) is 18.8 Å². The highest BCUT2D eigenvalue weighted by Crippen LogP contribution is 2.29. The van der Waals surface area contributed by atoms with Crippen LogP contribution in [0.3, 0.4) is 0 Å². The van der Waals surface area contributed by atoms with E-state index in [-0.39, 0.29) is 5.92 Å². The van der Waals surface area contributed by atoms with Crippen LogP contribution in [-0.2, 0) is 6.42 Å². The molecule has 0 amide bonds. The molecule has 1 unspecified atom stereocenters. The normalized spacial score (nSPS) is 20.8. The zero-order chi connectivity index (χ0) is 7.68. The lowest BCUT2D eigenvalue weighted by atomic mass is 10.1. The minimum absolute atomic E-state index is 0.270. The average molecular weight is 143 g/mol. The highest BCUT2D eigenvalue weighted by molar-refractivity contribution is 5.33. The van der Waals surface area contributed by atoms with Crippen molar-refractivity contribution in [3.8, 4) is 12.3 Å². The maximum absolute atomic E-state index is 5.36. The Morgan fingerprint density at radius 1 is 1.64 bits per heavy atom. The lowest BCUT2D eigenvalue weighted by Gasteiger charge is -1.99. The highest BCUT2D eigenvalue weighted by atomic mass is 14.7. The first-order valence-corrected chi connectivity index (χ1v) is 3.81. The molecular formula is C10H9N. The lowest BCUT2D eigenvalue weighted by molar-refractivity contribution is 0.821. The van der Waals surface area contributed by atoms with Crippen molar-refractivity contribution in [3.63, 3.8) is 0 Å². The zero-order valence-electron chi connectivity index (χ0n) is 6.25. The molecule has 0 saturated heterocycles. The molecule has 11 heavy (non-hydrogen) atoms. The number of rotatable bonds is 0. The molecule has 0 bridgehead atoms. The van der Waals surface area contributed by atoms with Gasteiger partial charge >= 0.3 is 0 Å². The Kier molecular flexibility index (Phi) is 1.40. The third-order valence-corrected chi connectivity index (χ3v) is 2.16. The molecule has 1 atom stereocenters. The van der Waals surface area contributed by atoms with Gasteiger partial charge in [0.25, 0.3) is 0 Å². The van der Waals surface area contributed by atoms with Crippen LogP contribution in [0, 0.1) is 12.3 Å². The number of terminal acetylenes is 1. The van der Waals surface area contributed by atoms with Gasteiger partial charge in [0.1, 0.15) is 0 Å². The smallest absolute Gasteiger partial charge is 0.0628 e. The van der Waals surface area contributed by atoms with Crippen molar-refractivity contribution < 1.29 is 0 Å². The topological polar surface area (TPSA) is 12.9 Å². The van der Waals surface area contributed by atoms with Gasteiger partial charge in [0.15, 0.2) is 0 Å². The summed E-state index contributed by atoms with van der Waals surface area (Å²) in [5.41, 5.74) is 2.45. The Morgan fingerprint density at radius 3 is 3.36 bits per heavy atom. The molecule has 0 radical (unpaired) electrons. The number of pyridine rings is 1. The molecular weight excluding hydrogens is 134 g/mol. The standard InChI is InChI=1S/C10H9N/c1-2-8-5-6-9-4-3-7-11-10(8)9/h1,3-4,7-8H,5-6H2. The summed E-state index contributed by atoms with van der Waals surface area (Å²) in [6.45, 7) is 0. The number of aromatic nitrogens is 1. The molecule has 0 N–H and O–H groups in total. The van der Waals surface area contributed by atoms with Crippen molar-refractivity contribution in [1.82, 2.24) is 4.98 Å². The van der Waals surface area contributed by atoms with E-state index in [2.05, 4.69) is 17.0 Å². The minimum atomic E-state index is 0.270. The van der Waals surface area contributed by atoms with Crippen molar-refractivity contribution in [2.75, 3.05) is 0 Å². The first kappa shape index (κ1) is 6.42. The molecule has 0 spiro atoms. The van der Waals surface area contributed by atoms with Crippen LogP contribution >= 0.6 is 0 Å². The highest BCUT2D eigenvalue weighted by Gasteiger charge is 2.20. The fourth-order valence-electron chi connectivity index (χ4n) is 1.57. The Morgan fingerprint density at radius 2 is 2.55 bits per heavy atom. The van der Waals surface area contributed by atoms with Crippen LogP contribution in [0.2, 0.25) is 0 Å². The molecule has 1 heterocycles. The van der Waals surface area contributed by atoms with Gasteiger partial charge in [0, 0.05) is 6.20 Å². The van der Waals surface area contributed by atoms with Gasteiger partial charge in [-0.1, -0.05) is 12.0 Å². The molecule has 1 heteroatoms. The van der Waals surface area contributed by atoms with Crippen LogP contribution in [0.15, 0.2) is 18.3 Å². The van der Waals surface area contributed by atoms with E-state index < -0.39 is 0 Å². The van der Waals surface area contributed by atoms with Gasteiger partial charge in [-0.3, -0.25) is 4.98 Å². The predicted molar refractivity (Wildman–Crippen MR) is 44.1 cm³/mol. The van der Waals surface area contributed by atoms with Gasteiger partial charge in [0.2, 0.25) is 0 Å². The number of nitrogens with zero attached hydrogens (tertiary/aromatic N) is 1. The number of hydrogen-bond acceptors (Lipinski definition) is 1. The first-order chi connectivity index (χ1) is 5.42. The summed E-state index contributed by atoms with van der Waals surface area (Å²) in [4.78, 5) is 4.27. The summed E-state index contributed by atoms with van der Waals surface area (Å²) in [6, 6.07) is 4.08. The summed E-state index contributed by atoms with van der Waals surface area (Å²) in [5.74, 6) is 3.03. The fraction of sp³-hybridized carbons (Fsp3) is 0.300. The molecule has 1 aliphatic rings. The molecule has 2 rings (SSSR count). The quantitative estimate of drug-likeness (QED) is 0.504. The maximum Gasteiger partial charge on any atom is 0.0628 e. The van der Waals surface area contributed by atoms with Crippen molar-refractivity contribution in [3.05, 3.63) is 29.6 Å². The molecule has 1 aromatic rings. The third kappa shape index (κ3) is 0.914. The second kappa shape index (κ2) is 2.39. The number of hydrogen-bond donors (Lipinski definition) is 0. The monoisotopic (exact) mass is 143 g/mol. The van der Waals surface area contributed by atoms with Gasteiger partial charge in [-0.2, -0.15) is 0 Å². The minimum Gasteiger partial charge on any atom is -0.260 e. The van der Waals surface area contributed by atoms with Crippen LogP contribution in [0.5, 0.6) is 0 Å². The Hall–Kier alpha value is -1.29. The van der Waals surface area contributed by atoms with Gasteiger partial charge in [-0.15, -0.1) is 6.42 Å². The van der Waals surface area contributed by atoms with Crippen LogP contribution in [0.25, 0.3) is 0 Å². The zero-order valence-corrected chi connectivity index (χ0v) is 6.25. The Balaban J connectivity index is 2.49. The van der Waals surface area contributed by atoms with E-state index in [0.717, 1.165) is 18.5 Å². The Bertz CT molecular complexity index is 309. The first-order valence-electron chi connectivity index (χ1n) is 3.81. The summed E-state index contributed by atoms with van der Waals surface area (Å²) >= 11 is 0.